The fraction of sp³-hybridized carbons (Fsp3) is 0.143. The normalized spacial score (nSPS) is 12.7. The van der Waals surface area contributed by atoms with Gasteiger partial charge in [0, 0.05) is 4.88 Å². The quantitative estimate of drug-likeness (QED) is 0.709. The van der Waals surface area contributed by atoms with Gasteiger partial charge in [0.2, 0.25) is 0 Å². The van der Waals surface area contributed by atoms with Crippen LogP contribution in [0.4, 0.5) is 13.2 Å². The van der Waals surface area contributed by atoms with Gasteiger partial charge in [-0.05, 0) is 23.2 Å². The Hall–Kier alpha value is -0.290. The van der Waals surface area contributed by atoms with Gasteiger partial charge in [-0.15, -0.1) is 11.3 Å². The lowest BCUT2D eigenvalue weighted by Gasteiger charge is -1.99. The molecule has 0 atom stereocenters. The highest BCUT2D eigenvalue weighted by Crippen LogP contribution is 2.34. The molecule has 66 valence electrons. The van der Waals surface area contributed by atoms with Crippen molar-refractivity contribution in [3.63, 3.8) is 0 Å². The standard InChI is InChI=1S/C7H4BrF3S/c8-4-3-5-1-2-6(12-5)7(9,10)11/h1-4H/b4-3+. The molecule has 0 nitrogen and oxygen atoms in total. The van der Waals surface area contributed by atoms with Crippen LogP contribution in [0, 0.1) is 0 Å². The Morgan fingerprint density at radius 1 is 1.33 bits per heavy atom. The molecule has 1 heterocycles. The van der Waals surface area contributed by atoms with E-state index in [1.54, 1.807) is 6.08 Å². The molecule has 0 aliphatic carbocycles. The first-order chi connectivity index (χ1) is 5.54. The van der Waals surface area contributed by atoms with Crippen molar-refractivity contribution < 1.29 is 13.2 Å². The van der Waals surface area contributed by atoms with Crippen molar-refractivity contribution >= 4 is 33.3 Å². The molecule has 0 aliphatic rings. The van der Waals surface area contributed by atoms with Crippen LogP contribution in [0.15, 0.2) is 17.1 Å². The van der Waals surface area contributed by atoms with E-state index in [9.17, 15) is 13.2 Å². The highest BCUT2D eigenvalue weighted by atomic mass is 79.9. The first kappa shape index (κ1) is 9.80. The van der Waals surface area contributed by atoms with Gasteiger partial charge < -0.3 is 0 Å². The van der Waals surface area contributed by atoms with Gasteiger partial charge in [-0.1, -0.05) is 15.9 Å². The van der Waals surface area contributed by atoms with Crippen LogP contribution in [0.3, 0.4) is 0 Å². The molecular formula is C7H4BrF3S. The van der Waals surface area contributed by atoms with Crippen LogP contribution in [-0.4, -0.2) is 0 Å². The SMILES string of the molecule is FC(F)(F)c1ccc(/C=C/Br)s1. The Balaban J connectivity index is 2.92. The summed E-state index contributed by atoms with van der Waals surface area (Å²) in [6.45, 7) is 0. The van der Waals surface area contributed by atoms with E-state index in [0.717, 1.165) is 17.4 Å². The predicted octanol–water partition coefficient (Wildman–Crippen LogP) is 4.13. The van der Waals surface area contributed by atoms with Crippen LogP contribution >= 0.6 is 27.3 Å². The van der Waals surface area contributed by atoms with Crippen molar-refractivity contribution in [2.75, 3.05) is 0 Å². The predicted molar refractivity (Wildman–Crippen MR) is 47.3 cm³/mol. The Labute approximate surface area is 79.8 Å². The number of hydrogen-bond donors (Lipinski definition) is 0. The maximum atomic E-state index is 12.0. The van der Waals surface area contributed by atoms with Gasteiger partial charge in [-0.25, -0.2) is 0 Å². The molecule has 1 aromatic heterocycles. The van der Waals surface area contributed by atoms with Crippen molar-refractivity contribution in [2.45, 2.75) is 6.18 Å². The Morgan fingerprint density at radius 2 is 2.00 bits per heavy atom. The number of rotatable bonds is 1. The zero-order chi connectivity index (χ0) is 9.19. The highest BCUT2D eigenvalue weighted by molar-refractivity contribution is 9.11. The Morgan fingerprint density at radius 3 is 2.42 bits per heavy atom. The summed E-state index contributed by atoms with van der Waals surface area (Å²) >= 11 is 3.71. The summed E-state index contributed by atoms with van der Waals surface area (Å²) in [5.74, 6) is 0. The molecule has 0 radical (unpaired) electrons. The van der Waals surface area contributed by atoms with E-state index in [-0.39, 0.29) is 0 Å². The summed E-state index contributed by atoms with van der Waals surface area (Å²) in [5, 5.41) is 0. The second-order valence-electron chi connectivity index (χ2n) is 1.99. The van der Waals surface area contributed by atoms with Crippen molar-refractivity contribution in [2.24, 2.45) is 0 Å². The molecule has 0 unspecified atom stereocenters. The zero-order valence-corrected chi connectivity index (χ0v) is 8.13. The van der Waals surface area contributed by atoms with Gasteiger partial charge in [0.15, 0.2) is 0 Å². The van der Waals surface area contributed by atoms with Crippen LogP contribution in [0.2, 0.25) is 0 Å². The molecule has 0 spiro atoms. The molecule has 0 fully saturated rings. The summed E-state index contributed by atoms with van der Waals surface area (Å²) in [6.07, 6.45) is -2.65. The van der Waals surface area contributed by atoms with Gasteiger partial charge in [-0.2, -0.15) is 13.2 Å². The third-order valence-corrected chi connectivity index (χ3v) is 2.49. The minimum absolute atomic E-state index is 0.567. The van der Waals surface area contributed by atoms with Crippen LogP contribution in [0.25, 0.3) is 6.08 Å². The van der Waals surface area contributed by atoms with Gasteiger partial charge in [0.1, 0.15) is 4.88 Å². The monoisotopic (exact) mass is 256 g/mol. The number of thiophene rings is 1. The Bertz CT molecular complexity index is 287. The maximum Gasteiger partial charge on any atom is 0.425 e. The largest absolute Gasteiger partial charge is 0.425 e. The average Bonchev–Trinajstić information content (AvgIpc) is 2.35. The van der Waals surface area contributed by atoms with Crippen LogP contribution in [-0.2, 0) is 6.18 Å². The molecular weight excluding hydrogens is 253 g/mol. The zero-order valence-electron chi connectivity index (χ0n) is 5.73. The molecule has 12 heavy (non-hydrogen) atoms. The van der Waals surface area contributed by atoms with Gasteiger partial charge in [-0.3, -0.25) is 0 Å². The second kappa shape index (κ2) is 3.62. The van der Waals surface area contributed by atoms with Gasteiger partial charge in [0.05, 0.1) is 0 Å². The third kappa shape index (κ3) is 2.35. The smallest absolute Gasteiger partial charge is 0.165 e. The molecule has 0 aliphatic heterocycles. The summed E-state index contributed by atoms with van der Waals surface area (Å²) < 4.78 is 36.0. The van der Waals surface area contributed by atoms with E-state index >= 15 is 0 Å². The molecule has 0 saturated heterocycles. The summed E-state index contributed by atoms with van der Waals surface area (Å²) in [6, 6.07) is 2.51. The lowest BCUT2D eigenvalue weighted by atomic mass is 10.4. The molecule has 0 saturated carbocycles. The molecule has 0 aromatic carbocycles. The van der Waals surface area contributed by atoms with Gasteiger partial charge >= 0.3 is 6.18 Å². The van der Waals surface area contributed by atoms with E-state index in [4.69, 9.17) is 0 Å². The lowest BCUT2D eigenvalue weighted by molar-refractivity contribution is -0.134. The van der Waals surface area contributed by atoms with E-state index < -0.39 is 11.1 Å². The van der Waals surface area contributed by atoms with Gasteiger partial charge in [0.25, 0.3) is 0 Å². The molecule has 0 N–H and O–H groups in total. The number of hydrogen-bond acceptors (Lipinski definition) is 1. The van der Waals surface area contributed by atoms with Crippen LogP contribution < -0.4 is 0 Å². The second-order valence-corrected chi connectivity index (χ2v) is 3.64. The van der Waals surface area contributed by atoms with Crippen molar-refractivity contribution in [1.29, 1.82) is 0 Å². The molecule has 0 amide bonds. The third-order valence-electron chi connectivity index (χ3n) is 1.13. The van der Waals surface area contributed by atoms with E-state index in [2.05, 4.69) is 15.9 Å². The highest BCUT2D eigenvalue weighted by Gasteiger charge is 2.31. The van der Waals surface area contributed by atoms with Crippen molar-refractivity contribution in [3.8, 4) is 0 Å². The van der Waals surface area contributed by atoms with E-state index in [1.807, 2.05) is 0 Å². The first-order valence-corrected chi connectivity index (χ1v) is 4.71. The molecule has 1 aromatic rings. The number of halogens is 4. The lowest BCUT2D eigenvalue weighted by Crippen LogP contribution is -2.00. The number of alkyl halides is 3. The van der Waals surface area contributed by atoms with Crippen LogP contribution in [0.1, 0.15) is 9.75 Å². The topological polar surface area (TPSA) is 0 Å². The fourth-order valence-electron chi connectivity index (χ4n) is 0.657. The molecule has 0 bridgehead atoms. The van der Waals surface area contributed by atoms with E-state index in [1.165, 1.54) is 11.1 Å². The summed E-state index contributed by atoms with van der Waals surface area (Å²) in [7, 11) is 0. The van der Waals surface area contributed by atoms with Crippen LogP contribution in [0.5, 0.6) is 0 Å². The minimum atomic E-state index is -4.22. The summed E-state index contributed by atoms with van der Waals surface area (Å²) in [5.41, 5.74) is 0. The van der Waals surface area contributed by atoms with E-state index in [0.29, 0.717) is 4.88 Å². The van der Waals surface area contributed by atoms with Crippen molar-refractivity contribution in [1.82, 2.24) is 0 Å². The molecule has 5 heteroatoms. The minimum Gasteiger partial charge on any atom is -0.165 e. The summed E-state index contributed by atoms with van der Waals surface area (Å²) in [4.78, 5) is 1.54. The first-order valence-electron chi connectivity index (χ1n) is 2.98. The van der Waals surface area contributed by atoms with Crippen molar-refractivity contribution in [3.05, 3.63) is 26.9 Å². The Kier molecular flexibility index (Phi) is 2.95. The fourth-order valence-corrected chi connectivity index (χ4v) is 1.89. The average molecular weight is 257 g/mol. The maximum absolute atomic E-state index is 12.0. The molecule has 1 rings (SSSR count).